The molecule has 0 spiro atoms. The van der Waals surface area contributed by atoms with Gasteiger partial charge in [-0.25, -0.2) is 0 Å². The summed E-state index contributed by atoms with van der Waals surface area (Å²) in [7, 11) is 0. The molecule has 110 valence electrons. The monoisotopic (exact) mass is 276 g/mol. The fourth-order valence-electron chi connectivity index (χ4n) is 3.05. The Balaban J connectivity index is 2.03. The van der Waals surface area contributed by atoms with Gasteiger partial charge in [-0.2, -0.15) is 0 Å². The van der Waals surface area contributed by atoms with Gasteiger partial charge in [0.25, 0.3) is 0 Å². The van der Waals surface area contributed by atoms with Crippen LogP contribution in [0, 0.1) is 12.3 Å². The molecule has 0 bridgehead atoms. The highest BCUT2D eigenvalue weighted by Gasteiger charge is 2.33. The molecule has 4 heteroatoms. The molecule has 1 aromatic carbocycles. The Morgan fingerprint density at radius 2 is 2.05 bits per heavy atom. The number of hydrogen-bond donors (Lipinski definition) is 3. The number of phenols is 1. The first-order valence-electron chi connectivity index (χ1n) is 7.35. The Hall–Kier alpha value is -1.55. The largest absolute Gasteiger partial charge is 0.505 e. The number of para-hydroxylation sites is 1. The molecular formula is C16H24N2O2. The second kappa shape index (κ2) is 6.27. The van der Waals surface area contributed by atoms with E-state index in [1.54, 1.807) is 6.07 Å². The summed E-state index contributed by atoms with van der Waals surface area (Å²) in [6.07, 6.45) is 6.03. The summed E-state index contributed by atoms with van der Waals surface area (Å²) in [4.78, 5) is 12.2. The highest BCUT2D eigenvalue weighted by Crippen LogP contribution is 2.38. The van der Waals surface area contributed by atoms with E-state index in [2.05, 4.69) is 5.32 Å². The molecule has 0 aromatic heterocycles. The van der Waals surface area contributed by atoms with Gasteiger partial charge in [0.15, 0.2) is 0 Å². The summed E-state index contributed by atoms with van der Waals surface area (Å²) in [5, 5.41) is 12.7. The predicted octanol–water partition coefficient (Wildman–Crippen LogP) is 2.94. The third-order valence-corrected chi connectivity index (χ3v) is 4.39. The lowest BCUT2D eigenvalue weighted by Crippen LogP contribution is -2.36. The zero-order valence-electron chi connectivity index (χ0n) is 12.1. The number of hydrogen-bond acceptors (Lipinski definition) is 3. The van der Waals surface area contributed by atoms with Crippen LogP contribution in [0.5, 0.6) is 5.75 Å². The maximum Gasteiger partial charge on any atom is 0.225 e. The summed E-state index contributed by atoms with van der Waals surface area (Å²) in [6, 6.07) is 5.35. The minimum absolute atomic E-state index is 0.0538. The Kier molecular flexibility index (Phi) is 4.65. The molecule has 0 atom stereocenters. The lowest BCUT2D eigenvalue weighted by Gasteiger charge is -2.35. The average Bonchev–Trinajstić information content (AvgIpc) is 2.45. The zero-order valence-corrected chi connectivity index (χ0v) is 12.1. The second-order valence-corrected chi connectivity index (χ2v) is 5.96. The van der Waals surface area contributed by atoms with Crippen molar-refractivity contribution in [2.45, 2.75) is 45.4 Å². The van der Waals surface area contributed by atoms with Crippen LogP contribution in [-0.4, -0.2) is 17.6 Å². The number of aryl methyl sites for hydroxylation is 1. The number of nitrogens with one attached hydrogen (secondary N) is 1. The van der Waals surface area contributed by atoms with Gasteiger partial charge in [0, 0.05) is 6.42 Å². The van der Waals surface area contributed by atoms with Crippen LogP contribution in [0.1, 0.15) is 44.1 Å². The summed E-state index contributed by atoms with van der Waals surface area (Å²) < 4.78 is 0. The number of carbonyl (C=O) groups excluding carboxylic acids is 1. The number of rotatable bonds is 4. The molecule has 20 heavy (non-hydrogen) atoms. The molecule has 1 aromatic rings. The van der Waals surface area contributed by atoms with Crippen molar-refractivity contribution in [3.63, 3.8) is 0 Å². The van der Waals surface area contributed by atoms with Crippen molar-refractivity contribution in [2.75, 3.05) is 11.9 Å². The molecule has 1 fully saturated rings. The highest BCUT2D eigenvalue weighted by atomic mass is 16.3. The van der Waals surface area contributed by atoms with Crippen LogP contribution in [-0.2, 0) is 4.79 Å². The number of anilines is 1. The van der Waals surface area contributed by atoms with E-state index in [-0.39, 0.29) is 17.1 Å². The van der Waals surface area contributed by atoms with Crippen LogP contribution in [0.25, 0.3) is 0 Å². The van der Waals surface area contributed by atoms with E-state index < -0.39 is 0 Å². The van der Waals surface area contributed by atoms with Crippen molar-refractivity contribution in [2.24, 2.45) is 11.1 Å². The van der Waals surface area contributed by atoms with Crippen LogP contribution < -0.4 is 11.1 Å². The van der Waals surface area contributed by atoms with Gasteiger partial charge in [-0.05, 0) is 43.4 Å². The number of benzene rings is 1. The first-order valence-corrected chi connectivity index (χ1v) is 7.35. The van der Waals surface area contributed by atoms with Crippen LogP contribution in [0.2, 0.25) is 0 Å². The maximum absolute atomic E-state index is 12.2. The van der Waals surface area contributed by atoms with Gasteiger partial charge in [0.1, 0.15) is 5.75 Å². The molecule has 0 radical (unpaired) electrons. The van der Waals surface area contributed by atoms with E-state index >= 15 is 0 Å². The topological polar surface area (TPSA) is 75.4 Å². The van der Waals surface area contributed by atoms with Crippen molar-refractivity contribution in [3.8, 4) is 5.75 Å². The van der Waals surface area contributed by atoms with Crippen LogP contribution in [0.3, 0.4) is 0 Å². The molecule has 4 N–H and O–H groups in total. The van der Waals surface area contributed by atoms with E-state index in [9.17, 15) is 9.90 Å². The Labute approximate surface area is 120 Å². The standard InChI is InChI=1S/C16H24N2O2/c1-12-6-5-7-13(15(12)20)18-14(19)10-16(11-17)8-3-2-4-9-16/h5-7,20H,2-4,8-11,17H2,1H3,(H,18,19). The third kappa shape index (κ3) is 3.31. The molecule has 1 aliphatic rings. The zero-order chi connectivity index (χ0) is 14.6. The van der Waals surface area contributed by atoms with E-state index in [0.29, 0.717) is 18.7 Å². The molecule has 1 saturated carbocycles. The minimum Gasteiger partial charge on any atom is -0.505 e. The molecule has 0 heterocycles. The maximum atomic E-state index is 12.2. The normalized spacial score (nSPS) is 17.7. The molecule has 0 saturated heterocycles. The van der Waals surface area contributed by atoms with Crippen molar-refractivity contribution < 1.29 is 9.90 Å². The van der Waals surface area contributed by atoms with Crippen LogP contribution in [0.4, 0.5) is 5.69 Å². The Bertz CT molecular complexity index is 479. The van der Waals surface area contributed by atoms with Gasteiger partial charge < -0.3 is 16.2 Å². The molecule has 4 nitrogen and oxygen atoms in total. The number of carbonyl (C=O) groups is 1. The van der Waals surface area contributed by atoms with Crippen molar-refractivity contribution in [3.05, 3.63) is 23.8 Å². The number of aromatic hydroxyl groups is 1. The second-order valence-electron chi connectivity index (χ2n) is 5.96. The average molecular weight is 276 g/mol. The van der Waals surface area contributed by atoms with Gasteiger partial charge in [-0.15, -0.1) is 0 Å². The molecule has 2 rings (SSSR count). The van der Waals surface area contributed by atoms with Gasteiger partial charge in [-0.1, -0.05) is 31.4 Å². The van der Waals surface area contributed by atoms with Gasteiger partial charge >= 0.3 is 0 Å². The van der Waals surface area contributed by atoms with Gasteiger partial charge in [0.05, 0.1) is 5.69 Å². The Morgan fingerprint density at radius 3 is 2.70 bits per heavy atom. The summed E-state index contributed by atoms with van der Waals surface area (Å²) in [5.41, 5.74) is 7.09. The van der Waals surface area contributed by atoms with E-state index in [0.717, 1.165) is 31.2 Å². The summed E-state index contributed by atoms with van der Waals surface area (Å²) in [5.74, 6) is 0.0875. The molecule has 0 aliphatic heterocycles. The smallest absolute Gasteiger partial charge is 0.225 e. The predicted molar refractivity (Wildman–Crippen MR) is 80.7 cm³/mol. The number of phenolic OH excluding ortho intramolecular Hbond substituents is 1. The number of nitrogens with two attached hydrogens (primary N) is 1. The first-order chi connectivity index (χ1) is 9.56. The molecular weight excluding hydrogens is 252 g/mol. The van der Waals surface area contributed by atoms with Crippen LogP contribution >= 0.6 is 0 Å². The minimum atomic E-state index is -0.0572. The highest BCUT2D eigenvalue weighted by molar-refractivity contribution is 5.92. The molecule has 1 aliphatic carbocycles. The molecule has 0 unspecified atom stereocenters. The number of amides is 1. The summed E-state index contributed by atoms with van der Waals surface area (Å²) >= 11 is 0. The third-order valence-electron chi connectivity index (χ3n) is 4.39. The first kappa shape index (κ1) is 14.9. The van der Waals surface area contributed by atoms with Crippen LogP contribution in [0.15, 0.2) is 18.2 Å². The SMILES string of the molecule is Cc1cccc(NC(=O)CC2(CN)CCCCC2)c1O. The van der Waals surface area contributed by atoms with Crippen molar-refractivity contribution in [1.29, 1.82) is 0 Å². The van der Waals surface area contributed by atoms with Crippen molar-refractivity contribution in [1.82, 2.24) is 0 Å². The summed E-state index contributed by atoms with van der Waals surface area (Å²) in [6.45, 7) is 2.37. The van der Waals surface area contributed by atoms with Crippen molar-refractivity contribution >= 4 is 11.6 Å². The fraction of sp³-hybridized carbons (Fsp3) is 0.562. The fourth-order valence-corrected chi connectivity index (χ4v) is 3.05. The molecule has 1 amide bonds. The quantitative estimate of drug-likeness (QED) is 0.740. The van der Waals surface area contributed by atoms with E-state index in [4.69, 9.17) is 5.73 Å². The lowest BCUT2D eigenvalue weighted by molar-refractivity contribution is -0.118. The van der Waals surface area contributed by atoms with Gasteiger partial charge in [0.2, 0.25) is 5.91 Å². The van der Waals surface area contributed by atoms with Gasteiger partial charge in [-0.3, -0.25) is 4.79 Å². The lowest BCUT2D eigenvalue weighted by atomic mass is 9.71. The Morgan fingerprint density at radius 1 is 1.35 bits per heavy atom. The van der Waals surface area contributed by atoms with E-state index in [1.165, 1.54) is 6.42 Å². The van der Waals surface area contributed by atoms with E-state index in [1.807, 2.05) is 19.1 Å².